The Morgan fingerprint density at radius 1 is 1.47 bits per heavy atom. The quantitative estimate of drug-likeness (QED) is 0.548. The highest BCUT2D eigenvalue weighted by atomic mass is 14.5. The minimum absolute atomic E-state index is 0.583. The van der Waals surface area contributed by atoms with E-state index in [1.54, 1.807) is 0 Å². The molecule has 0 radical (unpaired) electrons. The largest absolute Gasteiger partial charge is 0.0999 e. The zero-order valence-corrected chi connectivity index (χ0v) is 10.4. The lowest BCUT2D eigenvalue weighted by Crippen LogP contribution is -2.39. The highest BCUT2D eigenvalue weighted by Gasteiger charge is 2.42. The van der Waals surface area contributed by atoms with Crippen molar-refractivity contribution >= 4 is 0 Å². The standard InChI is InChI=1S/C15H24/c1-11(2)13-7-9-15(4)8-5-6-12(3)14(15)10-13/h5-6,12-14H,1,7-10H2,2-4H3/t12-,13+,14+,15-/m1/s1. The molecule has 15 heavy (non-hydrogen) atoms. The lowest BCUT2D eigenvalue weighted by molar-refractivity contribution is 0.0582. The van der Waals surface area contributed by atoms with Gasteiger partial charge in [0.2, 0.25) is 0 Å². The van der Waals surface area contributed by atoms with Gasteiger partial charge in [0.25, 0.3) is 0 Å². The van der Waals surface area contributed by atoms with E-state index in [-0.39, 0.29) is 0 Å². The van der Waals surface area contributed by atoms with E-state index in [0.29, 0.717) is 5.41 Å². The van der Waals surface area contributed by atoms with Crippen molar-refractivity contribution in [3.8, 4) is 0 Å². The Labute approximate surface area is 94.5 Å². The average molecular weight is 204 g/mol. The van der Waals surface area contributed by atoms with Crippen molar-refractivity contribution in [2.75, 3.05) is 0 Å². The summed E-state index contributed by atoms with van der Waals surface area (Å²) in [6.07, 6.45) is 10.3. The van der Waals surface area contributed by atoms with Crippen LogP contribution in [-0.2, 0) is 0 Å². The minimum Gasteiger partial charge on any atom is -0.0999 e. The fourth-order valence-electron chi connectivity index (χ4n) is 3.63. The Morgan fingerprint density at radius 3 is 2.87 bits per heavy atom. The smallest absolute Gasteiger partial charge is 0.0205 e. The van der Waals surface area contributed by atoms with E-state index in [4.69, 9.17) is 0 Å². The summed E-state index contributed by atoms with van der Waals surface area (Å²) in [5, 5.41) is 0. The summed E-state index contributed by atoms with van der Waals surface area (Å²) in [4.78, 5) is 0. The van der Waals surface area contributed by atoms with Crippen molar-refractivity contribution in [1.82, 2.24) is 0 Å². The number of allylic oxidation sites excluding steroid dienone is 3. The maximum absolute atomic E-state index is 4.15. The Hall–Kier alpha value is -0.520. The van der Waals surface area contributed by atoms with Crippen LogP contribution in [-0.4, -0.2) is 0 Å². The molecule has 0 aromatic rings. The number of hydrogen-bond acceptors (Lipinski definition) is 0. The minimum atomic E-state index is 0.583. The number of rotatable bonds is 1. The first-order valence-electron chi connectivity index (χ1n) is 6.35. The summed E-state index contributed by atoms with van der Waals surface area (Å²) < 4.78 is 0. The molecule has 0 heteroatoms. The van der Waals surface area contributed by atoms with Crippen LogP contribution in [0.1, 0.15) is 46.5 Å². The van der Waals surface area contributed by atoms with Crippen molar-refractivity contribution in [3.63, 3.8) is 0 Å². The zero-order valence-electron chi connectivity index (χ0n) is 10.4. The molecule has 0 saturated heterocycles. The molecule has 2 rings (SSSR count). The van der Waals surface area contributed by atoms with Crippen molar-refractivity contribution < 1.29 is 0 Å². The van der Waals surface area contributed by atoms with Crippen LogP contribution in [0.25, 0.3) is 0 Å². The van der Waals surface area contributed by atoms with Gasteiger partial charge in [0.1, 0.15) is 0 Å². The SMILES string of the molecule is C=C(C)[C@H]1CC[C@@]2(C)CC=C[C@@H](C)[C@@H]2C1. The van der Waals surface area contributed by atoms with Crippen LogP contribution in [0.2, 0.25) is 0 Å². The molecule has 0 aromatic carbocycles. The predicted molar refractivity (Wildman–Crippen MR) is 66.7 cm³/mol. The normalized spacial score (nSPS) is 44.9. The third kappa shape index (κ3) is 1.91. The summed E-state index contributed by atoms with van der Waals surface area (Å²) in [6.45, 7) is 11.2. The lowest BCUT2D eigenvalue weighted by atomic mass is 9.56. The summed E-state index contributed by atoms with van der Waals surface area (Å²) in [7, 11) is 0. The van der Waals surface area contributed by atoms with Crippen LogP contribution in [0.3, 0.4) is 0 Å². The average Bonchev–Trinajstić information content (AvgIpc) is 2.17. The van der Waals surface area contributed by atoms with Crippen molar-refractivity contribution in [2.45, 2.75) is 46.5 Å². The summed E-state index contributed by atoms with van der Waals surface area (Å²) in [5.74, 6) is 2.45. The topological polar surface area (TPSA) is 0 Å². The molecule has 84 valence electrons. The van der Waals surface area contributed by atoms with Crippen molar-refractivity contribution in [3.05, 3.63) is 24.3 Å². The highest BCUT2D eigenvalue weighted by Crippen LogP contribution is 2.52. The molecule has 4 atom stereocenters. The molecule has 0 unspecified atom stereocenters. The lowest BCUT2D eigenvalue weighted by Gasteiger charge is -2.48. The highest BCUT2D eigenvalue weighted by molar-refractivity contribution is 5.10. The van der Waals surface area contributed by atoms with E-state index >= 15 is 0 Å². The van der Waals surface area contributed by atoms with Gasteiger partial charge in [0.15, 0.2) is 0 Å². The van der Waals surface area contributed by atoms with Crippen molar-refractivity contribution in [2.24, 2.45) is 23.2 Å². The van der Waals surface area contributed by atoms with Crippen LogP contribution < -0.4 is 0 Å². The maximum atomic E-state index is 4.15. The third-order valence-electron chi connectivity index (χ3n) is 4.85. The van der Waals surface area contributed by atoms with Crippen LogP contribution in [0.4, 0.5) is 0 Å². The fraction of sp³-hybridized carbons (Fsp3) is 0.733. The zero-order chi connectivity index (χ0) is 11.1. The third-order valence-corrected chi connectivity index (χ3v) is 4.85. The monoisotopic (exact) mass is 204 g/mol. The van der Waals surface area contributed by atoms with Crippen LogP contribution in [0.5, 0.6) is 0 Å². The van der Waals surface area contributed by atoms with Gasteiger partial charge in [-0.15, -0.1) is 0 Å². The van der Waals surface area contributed by atoms with Gasteiger partial charge in [0, 0.05) is 0 Å². The first-order chi connectivity index (χ1) is 7.03. The van der Waals surface area contributed by atoms with Gasteiger partial charge in [0.05, 0.1) is 0 Å². The molecular weight excluding hydrogens is 180 g/mol. The molecular formula is C15H24. The van der Waals surface area contributed by atoms with E-state index in [9.17, 15) is 0 Å². The molecule has 1 saturated carbocycles. The second kappa shape index (κ2) is 3.81. The molecule has 0 bridgehead atoms. The molecule has 0 amide bonds. The van der Waals surface area contributed by atoms with E-state index in [1.807, 2.05) is 0 Å². The van der Waals surface area contributed by atoms with Gasteiger partial charge >= 0.3 is 0 Å². The van der Waals surface area contributed by atoms with Crippen LogP contribution in [0.15, 0.2) is 24.3 Å². The molecule has 0 spiro atoms. The van der Waals surface area contributed by atoms with Gasteiger partial charge in [-0.1, -0.05) is 38.2 Å². The molecule has 0 aromatic heterocycles. The van der Waals surface area contributed by atoms with E-state index in [0.717, 1.165) is 17.8 Å². The molecule has 0 nitrogen and oxygen atoms in total. The van der Waals surface area contributed by atoms with Crippen LogP contribution >= 0.6 is 0 Å². The first kappa shape index (κ1) is 11.0. The van der Waals surface area contributed by atoms with Crippen molar-refractivity contribution in [1.29, 1.82) is 0 Å². The Balaban J connectivity index is 2.17. The Bertz CT molecular complexity index is 286. The number of hydrogen-bond donors (Lipinski definition) is 0. The Morgan fingerprint density at radius 2 is 2.20 bits per heavy atom. The van der Waals surface area contributed by atoms with Gasteiger partial charge < -0.3 is 0 Å². The predicted octanol–water partition coefficient (Wildman–Crippen LogP) is 4.58. The van der Waals surface area contributed by atoms with Gasteiger partial charge in [-0.3, -0.25) is 0 Å². The number of fused-ring (bicyclic) bond motifs is 1. The van der Waals surface area contributed by atoms with E-state index in [2.05, 4.69) is 39.5 Å². The van der Waals surface area contributed by atoms with Crippen LogP contribution in [0, 0.1) is 23.2 Å². The van der Waals surface area contributed by atoms with Gasteiger partial charge in [-0.2, -0.15) is 0 Å². The fourth-order valence-corrected chi connectivity index (χ4v) is 3.63. The molecule has 2 aliphatic rings. The van der Waals surface area contributed by atoms with Gasteiger partial charge in [-0.05, 0) is 55.8 Å². The summed E-state index contributed by atoms with van der Waals surface area (Å²) in [5.41, 5.74) is 1.99. The summed E-state index contributed by atoms with van der Waals surface area (Å²) in [6, 6.07) is 0. The molecule has 0 heterocycles. The maximum Gasteiger partial charge on any atom is -0.0205 e. The Kier molecular flexibility index (Phi) is 2.79. The second-order valence-electron chi connectivity index (χ2n) is 6.07. The molecule has 0 aliphatic heterocycles. The van der Waals surface area contributed by atoms with Gasteiger partial charge in [-0.25, -0.2) is 0 Å². The molecule has 1 fully saturated rings. The molecule has 2 aliphatic carbocycles. The summed E-state index contributed by atoms with van der Waals surface area (Å²) >= 11 is 0. The van der Waals surface area contributed by atoms with E-state index in [1.165, 1.54) is 31.3 Å². The molecule has 0 N–H and O–H groups in total. The second-order valence-corrected chi connectivity index (χ2v) is 6.07. The first-order valence-corrected chi connectivity index (χ1v) is 6.35. The van der Waals surface area contributed by atoms with E-state index < -0.39 is 0 Å².